The Balaban J connectivity index is 2.24. The summed E-state index contributed by atoms with van der Waals surface area (Å²) in [6.45, 7) is 4.37. The largest absolute Gasteiger partial charge is 0.400 e. The molecule has 1 aliphatic carbocycles. The highest BCUT2D eigenvalue weighted by Gasteiger charge is 2.48. The molecule has 4 nitrogen and oxygen atoms in total. The standard InChI is InChI=1S/C8H14O4S/c1-8(2)4-3-6-5-11-13(9,10)12-7(6)8/h6-7H,3-5H2,1-2H3/t6-,7-/m0/s1. The van der Waals surface area contributed by atoms with E-state index in [1.165, 1.54) is 0 Å². The molecule has 5 heteroatoms. The Hall–Kier alpha value is -0.130. The van der Waals surface area contributed by atoms with Crippen molar-refractivity contribution in [1.29, 1.82) is 0 Å². The molecule has 2 rings (SSSR count). The van der Waals surface area contributed by atoms with E-state index in [4.69, 9.17) is 4.18 Å². The van der Waals surface area contributed by atoms with Crippen molar-refractivity contribution in [2.24, 2.45) is 11.3 Å². The Labute approximate surface area is 78.6 Å². The fourth-order valence-corrected chi connectivity index (χ4v) is 3.26. The summed E-state index contributed by atoms with van der Waals surface area (Å²) in [5.41, 5.74) is -0.0402. The second kappa shape index (κ2) is 2.68. The molecule has 0 unspecified atom stereocenters. The first-order chi connectivity index (χ1) is 5.91. The maximum Gasteiger partial charge on any atom is 0.400 e. The second-order valence-electron chi connectivity index (χ2n) is 4.50. The van der Waals surface area contributed by atoms with Crippen LogP contribution in [-0.2, 0) is 18.8 Å². The van der Waals surface area contributed by atoms with Crippen LogP contribution in [0, 0.1) is 11.3 Å². The minimum atomic E-state index is -3.71. The molecule has 0 radical (unpaired) electrons. The summed E-state index contributed by atoms with van der Waals surface area (Å²) in [7, 11) is -3.71. The molecule has 1 heterocycles. The highest BCUT2D eigenvalue weighted by Crippen LogP contribution is 2.46. The van der Waals surface area contributed by atoms with Gasteiger partial charge in [-0.25, -0.2) is 8.37 Å². The van der Waals surface area contributed by atoms with Crippen LogP contribution in [0.25, 0.3) is 0 Å². The molecular weight excluding hydrogens is 192 g/mol. The van der Waals surface area contributed by atoms with E-state index in [1.54, 1.807) is 0 Å². The van der Waals surface area contributed by atoms with E-state index in [1.807, 2.05) is 13.8 Å². The third kappa shape index (κ3) is 1.60. The predicted octanol–water partition coefficient (Wildman–Crippen LogP) is 1.08. The van der Waals surface area contributed by atoms with E-state index in [2.05, 4.69) is 4.18 Å². The molecule has 76 valence electrons. The molecular formula is C8H14O4S. The van der Waals surface area contributed by atoms with Crippen LogP contribution >= 0.6 is 0 Å². The van der Waals surface area contributed by atoms with Crippen molar-refractivity contribution < 1.29 is 16.8 Å². The zero-order valence-corrected chi connectivity index (χ0v) is 8.63. The lowest BCUT2D eigenvalue weighted by Gasteiger charge is -2.32. The first-order valence-corrected chi connectivity index (χ1v) is 5.82. The van der Waals surface area contributed by atoms with Crippen LogP contribution in [0.1, 0.15) is 26.7 Å². The molecule has 2 aliphatic rings. The van der Waals surface area contributed by atoms with Crippen molar-refractivity contribution in [1.82, 2.24) is 0 Å². The predicted molar refractivity (Wildman–Crippen MR) is 46.2 cm³/mol. The van der Waals surface area contributed by atoms with E-state index in [0.717, 1.165) is 12.8 Å². The van der Waals surface area contributed by atoms with Gasteiger partial charge in [-0.3, -0.25) is 0 Å². The van der Waals surface area contributed by atoms with E-state index < -0.39 is 10.4 Å². The van der Waals surface area contributed by atoms with Crippen LogP contribution in [0.2, 0.25) is 0 Å². The molecule has 1 aliphatic heterocycles. The van der Waals surface area contributed by atoms with Crippen LogP contribution in [0.5, 0.6) is 0 Å². The zero-order chi connectivity index (χ0) is 9.69. The van der Waals surface area contributed by atoms with Crippen LogP contribution in [-0.4, -0.2) is 21.1 Å². The molecule has 0 aromatic carbocycles. The monoisotopic (exact) mass is 206 g/mol. The highest BCUT2D eigenvalue weighted by atomic mass is 32.3. The van der Waals surface area contributed by atoms with Crippen molar-refractivity contribution in [2.75, 3.05) is 6.61 Å². The molecule has 1 saturated carbocycles. The quantitative estimate of drug-likeness (QED) is 0.595. The normalized spacial score (nSPS) is 41.4. The minimum absolute atomic E-state index is 0.0402. The molecule has 0 amide bonds. The number of hydrogen-bond donors (Lipinski definition) is 0. The molecule has 1 saturated heterocycles. The number of rotatable bonds is 0. The van der Waals surface area contributed by atoms with Gasteiger partial charge >= 0.3 is 10.4 Å². The van der Waals surface area contributed by atoms with Gasteiger partial charge in [0.2, 0.25) is 0 Å². The fraction of sp³-hybridized carbons (Fsp3) is 1.00. The molecule has 2 atom stereocenters. The summed E-state index contributed by atoms with van der Waals surface area (Å²) in [5, 5.41) is 0. The van der Waals surface area contributed by atoms with Gasteiger partial charge in [-0.2, -0.15) is 8.42 Å². The first kappa shape index (κ1) is 9.43. The van der Waals surface area contributed by atoms with Gasteiger partial charge in [-0.05, 0) is 18.3 Å². The maximum atomic E-state index is 11.0. The first-order valence-electron chi connectivity index (χ1n) is 4.48. The lowest BCUT2D eigenvalue weighted by molar-refractivity contribution is 0.00522. The van der Waals surface area contributed by atoms with Crippen molar-refractivity contribution in [3.05, 3.63) is 0 Å². The Morgan fingerprint density at radius 3 is 2.77 bits per heavy atom. The van der Waals surface area contributed by atoms with Crippen LogP contribution in [0.3, 0.4) is 0 Å². The van der Waals surface area contributed by atoms with Crippen molar-refractivity contribution in [2.45, 2.75) is 32.8 Å². The van der Waals surface area contributed by atoms with Crippen LogP contribution in [0.15, 0.2) is 0 Å². The Bertz CT molecular complexity index is 306. The van der Waals surface area contributed by atoms with E-state index in [0.29, 0.717) is 0 Å². The molecule has 0 aromatic rings. The summed E-state index contributed by atoms with van der Waals surface area (Å²) in [6.07, 6.45) is 1.81. The van der Waals surface area contributed by atoms with Gasteiger partial charge in [0.1, 0.15) is 0 Å². The Morgan fingerprint density at radius 1 is 1.38 bits per heavy atom. The average molecular weight is 206 g/mol. The van der Waals surface area contributed by atoms with Crippen molar-refractivity contribution >= 4 is 10.4 Å². The average Bonchev–Trinajstić information content (AvgIpc) is 2.26. The van der Waals surface area contributed by atoms with Crippen molar-refractivity contribution in [3.63, 3.8) is 0 Å². The molecule has 0 aromatic heterocycles. The topological polar surface area (TPSA) is 52.6 Å². The molecule has 0 N–H and O–H groups in total. The van der Waals surface area contributed by atoms with Crippen molar-refractivity contribution in [3.8, 4) is 0 Å². The fourth-order valence-electron chi connectivity index (χ4n) is 2.19. The lowest BCUT2D eigenvalue weighted by Crippen LogP contribution is -2.40. The summed E-state index contributed by atoms with van der Waals surface area (Å²) in [4.78, 5) is 0. The zero-order valence-electron chi connectivity index (χ0n) is 7.82. The molecule has 0 spiro atoms. The molecule has 0 bridgehead atoms. The van der Waals surface area contributed by atoms with Crippen LogP contribution < -0.4 is 0 Å². The molecule has 13 heavy (non-hydrogen) atoms. The van der Waals surface area contributed by atoms with E-state index in [-0.39, 0.29) is 24.0 Å². The third-order valence-electron chi connectivity index (χ3n) is 3.01. The minimum Gasteiger partial charge on any atom is -0.248 e. The van der Waals surface area contributed by atoms with Gasteiger partial charge in [0.05, 0.1) is 12.7 Å². The summed E-state index contributed by atoms with van der Waals surface area (Å²) in [5.74, 6) is 0.249. The van der Waals surface area contributed by atoms with Gasteiger partial charge in [0.25, 0.3) is 0 Å². The van der Waals surface area contributed by atoms with E-state index >= 15 is 0 Å². The lowest BCUT2D eigenvalue weighted by atomic mass is 9.87. The Morgan fingerprint density at radius 2 is 2.08 bits per heavy atom. The van der Waals surface area contributed by atoms with Gasteiger partial charge < -0.3 is 0 Å². The van der Waals surface area contributed by atoms with Crippen LogP contribution in [0.4, 0.5) is 0 Å². The summed E-state index contributed by atoms with van der Waals surface area (Å²) >= 11 is 0. The van der Waals surface area contributed by atoms with Gasteiger partial charge in [0.15, 0.2) is 0 Å². The number of fused-ring (bicyclic) bond motifs is 1. The number of hydrogen-bond acceptors (Lipinski definition) is 4. The van der Waals surface area contributed by atoms with Gasteiger partial charge in [-0.15, -0.1) is 0 Å². The summed E-state index contributed by atoms with van der Waals surface area (Å²) < 4.78 is 31.7. The van der Waals surface area contributed by atoms with Gasteiger partial charge in [0, 0.05) is 5.92 Å². The second-order valence-corrected chi connectivity index (χ2v) is 5.74. The SMILES string of the molecule is CC1(C)CC[C@H]2COS(=O)(=O)O[C@@H]21. The molecule has 2 fully saturated rings. The maximum absolute atomic E-state index is 11.0. The van der Waals surface area contributed by atoms with Gasteiger partial charge in [-0.1, -0.05) is 13.8 Å². The highest BCUT2D eigenvalue weighted by molar-refractivity contribution is 7.81. The smallest absolute Gasteiger partial charge is 0.248 e. The van der Waals surface area contributed by atoms with E-state index in [9.17, 15) is 8.42 Å². The summed E-state index contributed by atoms with van der Waals surface area (Å²) in [6, 6.07) is 0. The third-order valence-corrected chi connectivity index (χ3v) is 3.87. The Kier molecular flexibility index (Phi) is 1.94.